The number of nitrogen functional groups attached to an aromatic ring is 1. The van der Waals surface area contributed by atoms with E-state index >= 15 is 0 Å². The second-order valence-corrected chi connectivity index (χ2v) is 7.09. The number of benzene rings is 1. The molecule has 18 heavy (non-hydrogen) atoms. The van der Waals surface area contributed by atoms with Gasteiger partial charge in [0.2, 0.25) is 0 Å². The normalized spacial score (nSPS) is 25.9. The minimum atomic E-state index is -0.932. The third-order valence-electron chi connectivity index (χ3n) is 4.06. The van der Waals surface area contributed by atoms with Crippen LogP contribution in [0.3, 0.4) is 0 Å². The maximum Gasteiger partial charge on any atom is 0.0620 e. The molecule has 1 fully saturated rings. The van der Waals surface area contributed by atoms with Crippen LogP contribution < -0.4 is 5.73 Å². The summed E-state index contributed by atoms with van der Waals surface area (Å²) in [6, 6.07) is 5.86. The Bertz CT molecular complexity index is 436. The summed E-state index contributed by atoms with van der Waals surface area (Å²) in [4.78, 5) is 0.834. The van der Waals surface area contributed by atoms with Gasteiger partial charge >= 0.3 is 0 Å². The molecule has 2 rings (SSSR count). The molecule has 0 radical (unpaired) electrons. The molecule has 0 amide bonds. The highest BCUT2D eigenvalue weighted by Crippen LogP contribution is 2.32. The largest absolute Gasteiger partial charge is 0.398 e. The third-order valence-corrected chi connectivity index (χ3v) is 5.94. The molecule has 1 atom stereocenters. The van der Waals surface area contributed by atoms with Crippen molar-refractivity contribution < 1.29 is 4.21 Å². The molecule has 1 aromatic rings. The van der Waals surface area contributed by atoms with Crippen LogP contribution in [0.4, 0.5) is 5.69 Å². The van der Waals surface area contributed by atoms with Gasteiger partial charge in [0.25, 0.3) is 0 Å². The Labute approximate surface area is 112 Å². The van der Waals surface area contributed by atoms with E-state index in [-0.39, 0.29) is 0 Å². The van der Waals surface area contributed by atoms with E-state index in [9.17, 15) is 4.21 Å². The number of hydrogen-bond donors (Lipinski definition) is 1. The molecule has 0 aromatic heterocycles. The van der Waals surface area contributed by atoms with E-state index in [1.165, 1.54) is 19.3 Å². The van der Waals surface area contributed by atoms with E-state index in [4.69, 9.17) is 5.73 Å². The summed E-state index contributed by atoms with van der Waals surface area (Å²) in [5.41, 5.74) is 7.80. The minimum Gasteiger partial charge on any atom is -0.398 e. The summed E-state index contributed by atoms with van der Waals surface area (Å²) in [6.45, 7) is 4.26. The van der Waals surface area contributed by atoms with Gasteiger partial charge in [0.15, 0.2) is 0 Å². The minimum absolute atomic E-state index is 0.304. The summed E-state index contributed by atoms with van der Waals surface area (Å²) in [5.74, 6) is 0.841. The Balaban J connectivity index is 2.08. The lowest BCUT2D eigenvalue weighted by molar-refractivity contribution is 0.353. The summed E-state index contributed by atoms with van der Waals surface area (Å²) in [6.07, 6.45) is 5.86. The average Bonchev–Trinajstić information content (AvgIpc) is 2.38. The molecule has 0 heterocycles. The first kappa shape index (κ1) is 13.6. The highest BCUT2D eigenvalue weighted by atomic mass is 32.2. The molecule has 2 nitrogen and oxygen atoms in total. The van der Waals surface area contributed by atoms with Crippen LogP contribution in [0.1, 0.15) is 44.6 Å². The SMILES string of the molecule is CCC1CCC(S(=O)c2ccc(C)cc2N)CC1. The summed E-state index contributed by atoms with van der Waals surface area (Å²) in [7, 11) is -0.932. The third kappa shape index (κ3) is 2.94. The van der Waals surface area contributed by atoms with Crippen molar-refractivity contribution in [2.24, 2.45) is 5.92 Å². The van der Waals surface area contributed by atoms with E-state index in [2.05, 4.69) is 6.92 Å². The summed E-state index contributed by atoms with van der Waals surface area (Å²) < 4.78 is 12.6. The van der Waals surface area contributed by atoms with Gasteiger partial charge < -0.3 is 5.73 Å². The van der Waals surface area contributed by atoms with E-state index in [1.807, 2.05) is 25.1 Å². The second-order valence-electron chi connectivity index (χ2n) is 5.39. The van der Waals surface area contributed by atoms with Crippen molar-refractivity contribution in [2.75, 3.05) is 5.73 Å². The van der Waals surface area contributed by atoms with Gasteiger partial charge in [-0.1, -0.05) is 19.4 Å². The number of rotatable bonds is 3. The number of nitrogens with two attached hydrogens (primary N) is 1. The smallest absolute Gasteiger partial charge is 0.0620 e. The van der Waals surface area contributed by atoms with Crippen LogP contribution in [0.25, 0.3) is 0 Å². The topological polar surface area (TPSA) is 43.1 Å². The zero-order valence-electron chi connectivity index (χ0n) is 11.3. The molecule has 100 valence electrons. The van der Waals surface area contributed by atoms with Gasteiger partial charge in [-0.2, -0.15) is 0 Å². The Morgan fingerprint density at radius 3 is 2.50 bits per heavy atom. The number of aryl methyl sites for hydroxylation is 1. The second kappa shape index (κ2) is 5.87. The molecule has 1 aliphatic carbocycles. The Hall–Kier alpha value is -0.830. The molecule has 1 saturated carbocycles. The fourth-order valence-corrected chi connectivity index (χ4v) is 4.34. The lowest BCUT2D eigenvalue weighted by Crippen LogP contribution is -2.23. The fourth-order valence-electron chi connectivity index (χ4n) is 2.78. The zero-order chi connectivity index (χ0) is 13.1. The predicted molar refractivity (Wildman–Crippen MR) is 78.0 cm³/mol. The van der Waals surface area contributed by atoms with Gasteiger partial charge in [-0.15, -0.1) is 0 Å². The van der Waals surface area contributed by atoms with Gasteiger partial charge in [0.05, 0.1) is 15.7 Å². The van der Waals surface area contributed by atoms with E-state index in [0.29, 0.717) is 10.9 Å². The van der Waals surface area contributed by atoms with Gasteiger partial charge in [-0.3, -0.25) is 4.21 Å². The standard InChI is InChI=1S/C15H23NOS/c1-3-12-5-7-13(8-6-12)18(17)15-9-4-11(2)10-14(15)16/h4,9-10,12-13H,3,5-8,16H2,1-2H3. The highest BCUT2D eigenvalue weighted by molar-refractivity contribution is 7.85. The first-order valence-corrected chi connectivity index (χ1v) is 8.09. The van der Waals surface area contributed by atoms with Crippen LogP contribution in [0.5, 0.6) is 0 Å². The fraction of sp³-hybridized carbons (Fsp3) is 0.600. The molecule has 0 saturated heterocycles. The van der Waals surface area contributed by atoms with E-state index in [1.54, 1.807) is 0 Å². The molecule has 1 aliphatic rings. The first-order chi connectivity index (χ1) is 8.61. The van der Waals surface area contributed by atoms with Crippen LogP contribution in [0.2, 0.25) is 0 Å². The molecular formula is C15H23NOS. The Morgan fingerprint density at radius 1 is 1.28 bits per heavy atom. The zero-order valence-corrected chi connectivity index (χ0v) is 12.1. The highest BCUT2D eigenvalue weighted by Gasteiger charge is 2.26. The maximum atomic E-state index is 12.6. The maximum absolute atomic E-state index is 12.6. The summed E-state index contributed by atoms with van der Waals surface area (Å²) >= 11 is 0. The van der Waals surface area contributed by atoms with E-state index < -0.39 is 10.8 Å². The van der Waals surface area contributed by atoms with Crippen molar-refractivity contribution >= 4 is 16.5 Å². The van der Waals surface area contributed by atoms with Crippen molar-refractivity contribution in [1.82, 2.24) is 0 Å². The summed E-state index contributed by atoms with van der Waals surface area (Å²) in [5, 5.41) is 0.304. The van der Waals surface area contributed by atoms with Crippen molar-refractivity contribution in [3.8, 4) is 0 Å². The number of hydrogen-bond acceptors (Lipinski definition) is 2. The number of anilines is 1. The van der Waals surface area contributed by atoms with Gasteiger partial charge in [0, 0.05) is 10.9 Å². The van der Waals surface area contributed by atoms with Gasteiger partial charge in [-0.05, 0) is 56.2 Å². The molecular weight excluding hydrogens is 242 g/mol. The average molecular weight is 265 g/mol. The molecule has 0 aliphatic heterocycles. The molecule has 1 unspecified atom stereocenters. The Kier molecular flexibility index (Phi) is 4.44. The predicted octanol–water partition coefficient (Wildman–Crippen LogP) is 3.65. The lowest BCUT2D eigenvalue weighted by atomic mass is 9.87. The van der Waals surface area contributed by atoms with Crippen molar-refractivity contribution in [3.05, 3.63) is 23.8 Å². The van der Waals surface area contributed by atoms with Crippen molar-refractivity contribution in [1.29, 1.82) is 0 Å². The molecule has 3 heteroatoms. The molecule has 2 N–H and O–H groups in total. The van der Waals surface area contributed by atoms with Crippen molar-refractivity contribution in [2.45, 2.75) is 56.1 Å². The lowest BCUT2D eigenvalue weighted by Gasteiger charge is -2.27. The first-order valence-electron chi connectivity index (χ1n) is 6.88. The van der Waals surface area contributed by atoms with E-state index in [0.717, 1.165) is 29.2 Å². The van der Waals surface area contributed by atoms with Crippen LogP contribution in [-0.2, 0) is 10.8 Å². The van der Waals surface area contributed by atoms with Gasteiger partial charge in [-0.25, -0.2) is 0 Å². The molecule has 1 aromatic carbocycles. The quantitative estimate of drug-likeness (QED) is 0.848. The van der Waals surface area contributed by atoms with Crippen LogP contribution in [-0.4, -0.2) is 9.46 Å². The van der Waals surface area contributed by atoms with Crippen LogP contribution in [0, 0.1) is 12.8 Å². The molecule has 0 bridgehead atoms. The molecule has 0 spiro atoms. The van der Waals surface area contributed by atoms with Crippen LogP contribution in [0.15, 0.2) is 23.1 Å². The Morgan fingerprint density at radius 2 is 1.94 bits per heavy atom. The van der Waals surface area contributed by atoms with Crippen LogP contribution >= 0.6 is 0 Å². The van der Waals surface area contributed by atoms with Gasteiger partial charge in [0.1, 0.15) is 0 Å². The van der Waals surface area contributed by atoms with Crippen molar-refractivity contribution in [3.63, 3.8) is 0 Å². The monoisotopic (exact) mass is 265 g/mol.